The van der Waals surface area contributed by atoms with E-state index in [0.29, 0.717) is 24.6 Å². The highest BCUT2D eigenvalue weighted by atomic mass is 79.9. The molecular weight excluding hydrogens is 812 g/mol. The van der Waals surface area contributed by atoms with Gasteiger partial charge >= 0.3 is 0 Å². The van der Waals surface area contributed by atoms with Gasteiger partial charge in [0, 0.05) is 70.9 Å². The van der Waals surface area contributed by atoms with Crippen LogP contribution in [0.3, 0.4) is 0 Å². The number of likely N-dealkylation sites (N-methyl/N-ethyl adjacent to an activating group) is 2. The van der Waals surface area contributed by atoms with Crippen molar-refractivity contribution in [3.05, 3.63) is 53.3 Å². The number of nitrogens with zero attached hydrogens (tertiary/aromatic N) is 4. The van der Waals surface area contributed by atoms with Crippen molar-refractivity contribution in [1.29, 1.82) is 0 Å². The maximum absolute atomic E-state index is 10.6. The summed E-state index contributed by atoms with van der Waals surface area (Å²) in [5, 5.41) is 21.2. The van der Waals surface area contributed by atoms with Crippen LogP contribution in [0.1, 0.15) is 25.0 Å². The van der Waals surface area contributed by atoms with E-state index in [-0.39, 0.29) is 18.6 Å². The molecule has 12 heteroatoms. The van der Waals surface area contributed by atoms with Crippen LogP contribution in [0.5, 0.6) is 11.5 Å². The number of piperazine rings is 2. The second kappa shape index (κ2) is 16.0. The third-order valence-electron chi connectivity index (χ3n) is 8.41. The molecule has 4 rings (SSSR count). The van der Waals surface area contributed by atoms with Gasteiger partial charge < -0.3 is 29.5 Å². The zero-order valence-electron chi connectivity index (χ0n) is 25.5. The van der Waals surface area contributed by atoms with Crippen molar-refractivity contribution in [3.63, 3.8) is 0 Å². The fourth-order valence-corrected chi connectivity index (χ4v) is 8.24. The molecule has 0 unspecified atom stereocenters. The molecule has 240 valence electrons. The third-order valence-corrected chi connectivity index (χ3v) is 10.8. The van der Waals surface area contributed by atoms with Gasteiger partial charge in [-0.3, -0.25) is 9.80 Å². The molecule has 2 N–H and O–H groups in total. The number of halogens is 4. The summed E-state index contributed by atoms with van der Waals surface area (Å²) in [4.78, 5) is 9.18. The first-order valence-corrected chi connectivity index (χ1v) is 17.9. The molecule has 2 aliphatic heterocycles. The van der Waals surface area contributed by atoms with Crippen molar-refractivity contribution in [2.24, 2.45) is 0 Å². The molecule has 0 aromatic heterocycles. The maximum Gasteiger partial charge on any atom is 0.147 e. The summed E-state index contributed by atoms with van der Waals surface area (Å²) in [5.74, 6) is 1.36. The van der Waals surface area contributed by atoms with Gasteiger partial charge in [-0.2, -0.15) is 0 Å². The predicted molar refractivity (Wildman–Crippen MR) is 187 cm³/mol. The Kier molecular flexibility index (Phi) is 13.2. The third kappa shape index (κ3) is 9.86. The van der Waals surface area contributed by atoms with Gasteiger partial charge in [0.25, 0.3) is 0 Å². The van der Waals surface area contributed by atoms with E-state index in [1.54, 1.807) is 0 Å². The molecule has 0 bridgehead atoms. The maximum atomic E-state index is 10.6. The quantitative estimate of drug-likeness (QED) is 0.309. The van der Waals surface area contributed by atoms with Gasteiger partial charge in [-0.05, 0) is 113 Å². The van der Waals surface area contributed by atoms with Crippen molar-refractivity contribution in [2.75, 3.05) is 92.8 Å². The second-order valence-corrected chi connectivity index (χ2v) is 15.7. The highest BCUT2D eigenvalue weighted by molar-refractivity contribution is 9.11. The first-order valence-electron chi connectivity index (χ1n) is 14.8. The van der Waals surface area contributed by atoms with Crippen LogP contribution in [-0.2, 0) is 5.41 Å². The normalized spacial score (nSPS) is 19.4. The summed E-state index contributed by atoms with van der Waals surface area (Å²) in [6, 6.07) is 8.31. The van der Waals surface area contributed by atoms with E-state index >= 15 is 0 Å². The molecule has 43 heavy (non-hydrogen) atoms. The Bertz CT molecular complexity index is 1080. The van der Waals surface area contributed by atoms with Crippen molar-refractivity contribution in [2.45, 2.75) is 31.5 Å². The van der Waals surface area contributed by atoms with Crippen LogP contribution in [0.4, 0.5) is 0 Å². The Morgan fingerprint density at radius 1 is 0.628 bits per heavy atom. The molecule has 0 saturated carbocycles. The second-order valence-electron chi connectivity index (χ2n) is 12.3. The van der Waals surface area contributed by atoms with Crippen LogP contribution in [0, 0.1) is 0 Å². The van der Waals surface area contributed by atoms with Crippen LogP contribution in [0.25, 0.3) is 0 Å². The Balaban J connectivity index is 1.38. The van der Waals surface area contributed by atoms with Crippen molar-refractivity contribution >= 4 is 63.7 Å². The molecule has 2 heterocycles. The van der Waals surface area contributed by atoms with E-state index in [0.717, 1.165) is 81.4 Å². The fraction of sp³-hybridized carbons (Fsp3) is 0.613. The number of ether oxygens (including phenoxy) is 2. The minimum Gasteiger partial charge on any atom is -0.488 e. The van der Waals surface area contributed by atoms with E-state index in [9.17, 15) is 10.2 Å². The molecular formula is C31H44Br4N4O4. The minimum absolute atomic E-state index is 0.220. The lowest BCUT2D eigenvalue weighted by atomic mass is 9.78. The highest BCUT2D eigenvalue weighted by Gasteiger charge is 2.28. The SMILES string of the molecule is CN1CCN(C[C@@H](O)COc2c(Br)cc(C(C)(C)c3cc(Br)c(OC[C@H](O)CN4CCN(C)CC4)c(Br)c3)cc2Br)CC1. The van der Waals surface area contributed by atoms with Gasteiger partial charge in [0.1, 0.15) is 36.9 Å². The number of β-amino-alcohol motifs (C(OH)–C–C–N with tert-alkyl or cyclic N) is 2. The molecule has 0 radical (unpaired) electrons. The number of rotatable bonds is 12. The number of aliphatic hydroxyl groups is 2. The van der Waals surface area contributed by atoms with Crippen LogP contribution >= 0.6 is 63.7 Å². The molecule has 8 nitrogen and oxygen atoms in total. The Morgan fingerprint density at radius 3 is 1.23 bits per heavy atom. The van der Waals surface area contributed by atoms with Gasteiger partial charge in [-0.25, -0.2) is 0 Å². The molecule has 2 aromatic carbocycles. The molecule has 2 atom stereocenters. The van der Waals surface area contributed by atoms with Crippen molar-refractivity contribution in [3.8, 4) is 11.5 Å². The lowest BCUT2D eigenvalue weighted by molar-refractivity contribution is 0.0500. The van der Waals surface area contributed by atoms with Gasteiger partial charge in [0.2, 0.25) is 0 Å². The minimum atomic E-state index is -0.568. The Morgan fingerprint density at radius 2 is 0.930 bits per heavy atom. The van der Waals surface area contributed by atoms with Crippen LogP contribution in [0.2, 0.25) is 0 Å². The fourth-order valence-electron chi connectivity index (χ4n) is 5.41. The zero-order valence-corrected chi connectivity index (χ0v) is 31.8. The first kappa shape index (κ1) is 35.6. The van der Waals surface area contributed by atoms with E-state index in [4.69, 9.17) is 9.47 Å². The summed E-state index contributed by atoms with van der Waals surface area (Å²) >= 11 is 14.8. The van der Waals surface area contributed by atoms with Crippen molar-refractivity contribution < 1.29 is 19.7 Å². The number of hydrogen-bond donors (Lipinski definition) is 2. The van der Waals surface area contributed by atoms with E-state index in [1.807, 2.05) is 0 Å². The largest absolute Gasteiger partial charge is 0.488 e. The standard InChI is InChI=1S/C31H44Br4N4O4/c1-31(2,21-13-25(32)29(26(33)14-21)42-19-23(40)17-38-9-5-36(3)6-10-38)22-15-27(34)30(28(35)16-22)43-20-24(41)18-39-11-7-37(4)8-12-39/h13-16,23-24,40-41H,5-12,17-20H2,1-4H3/t23-,24-/m1/s1. The smallest absolute Gasteiger partial charge is 0.147 e. The van der Waals surface area contributed by atoms with Crippen LogP contribution in [-0.4, -0.2) is 135 Å². The molecule has 2 saturated heterocycles. The molecule has 2 fully saturated rings. The Labute approximate surface area is 290 Å². The topological polar surface area (TPSA) is 71.9 Å². The summed E-state index contributed by atoms with van der Waals surface area (Å²) in [5.41, 5.74) is 1.83. The predicted octanol–water partition coefficient (Wildman–Crippen LogP) is 5.04. The van der Waals surface area contributed by atoms with Crippen LogP contribution in [0.15, 0.2) is 42.2 Å². The lowest BCUT2D eigenvalue weighted by Gasteiger charge is -2.33. The van der Waals surface area contributed by atoms with Crippen molar-refractivity contribution in [1.82, 2.24) is 19.6 Å². The first-order chi connectivity index (χ1) is 20.3. The van der Waals surface area contributed by atoms with E-state index < -0.39 is 12.2 Å². The van der Waals surface area contributed by atoms with Crippen LogP contribution < -0.4 is 9.47 Å². The molecule has 0 amide bonds. The van der Waals surface area contributed by atoms with Gasteiger partial charge in [-0.15, -0.1) is 0 Å². The highest BCUT2D eigenvalue weighted by Crippen LogP contribution is 2.44. The molecule has 0 aliphatic carbocycles. The number of hydrogen-bond acceptors (Lipinski definition) is 8. The average molecular weight is 856 g/mol. The van der Waals surface area contributed by atoms with E-state index in [1.165, 1.54) is 0 Å². The molecule has 2 aliphatic rings. The summed E-state index contributed by atoms with van der Waals surface area (Å²) in [7, 11) is 4.25. The van der Waals surface area contributed by atoms with E-state index in [2.05, 4.69) is 136 Å². The monoisotopic (exact) mass is 852 g/mol. The average Bonchev–Trinajstić information content (AvgIpc) is 2.94. The molecule has 2 aromatic rings. The Hall–Kier alpha value is -0.280. The molecule has 0 spiro atoms. The summed E-state index contributed by atoms with van der Waals surface area (Å²) < 4.78 is 15.5. The summed E-state index contributed by atoms with van der Waals surface area (Å²) in [6.45, 7) is 13.9. The lowest BCUT2D eigenvalue weighted by Crippen LogP contribution is -2.47. The van der Waals surface area contributed by atoms with Gasteiger partial charge in [-0.1, -0.05) is 13.8 Å². The number of benzene rings is 2. The number of aliphatic hydroxyl groups excluding tert-OH is 2. The zero-order chi connectivity index (χ0) is 31.3. The van der Waals surface area contributed by atoms with Gasteiger partial charge in [0.05, 0.1) is 17.9 Å². The summed E-state index contributed by atoms with van der Waals surface area (Å²) in [6.07, 6.45) is -1.14. The van der Waals surface area contributed by atoms with Gasteiger partial charge in [0.15, 0.2) is 0 Å².